The molecule has 0 bridgehead atoms. The van der Waals surface area contributed by atoms with Gasteiger partial charge in [0.15, 0.2) is 6.10 Å². The van der Waals surface area contributed by atoms with E-state index in [1.54, 1.807) is 0 Å². The summed E-state index contributed by atoms with van der Waals surface area (Å²) in [4.78, 5) is 25.2. The maximum absolute atomic E-state index is 12.7. The molecule has 1 atom stereocenters. The Hall–Kier alpha value is -1.88. The Labute approximate surface area is 336 Å². The Kier molecular flexibility index (Phi) is 43.9. The van der Waals surface area contributed by atoms with Crippen LogP contribution in [0.1, 0.15) is 239 Å². The largest absolute Gasteiger partial charge is 0.462 e. The van der Waals surface area contributed by atoms with Crippen molar-refractivity contribution in [1.82, 2.24) is 0 Å². The lowest BCUT2D eigenvalue weighted by atomic mass is 10.1. The van der Waals surface area contributed by atoms with E-state index < -0.39 is 6.10 Å². The van der Waals surface area contributed by atoms with Gasteiger partial charge >= 0.3 is 11.9 Å². The molecule has 0 aliphatic rings. The lowest BCUT2D eigenvalue weighted by molar-refractivity contribution is -0.163. The van der Waals surface area contributed by atoms with Crippen LogP contribution in [0.3, 0.4) is 0 Å². The van der Waals surface area contributed by atoms with E-state index >= 15 is 0 Å². The Morgan fingerprint density at radius 1 is 0.426 bits per heavy atom. The van der Waals surface area contributed by atoms with E-state index in [9.17, 15) is 9.59 Å². The number of ether oxygens (including phenoxy) is 3. The van der Waals surface area contributed by atoms with Crippen molar-refractivity contribution in [2.45, 2.75) is 245 Å². The van der Waals surface area contributed by atoms with Gasteiger partial charge in [0.1, 0.15) is 6.61 Å². The van der Waals surface area contributed by atoms with Crippen molar-refractivity contribution in [2.24, 2.45) is 0 Å². The molecule has 1 unspecified atom stereocenters. The molecule has 54 heavy (non-hydrogen) atoms. The van der Waals surface area contributed by atoms with Gasteiger partial charge in [-0.05, 0) is 51.4 Å². The molecule has 0 radical (unpaired) electrons. The Bertz CT molecular complexity index is 862. The second kappa shape index (κ2) is 45.5. The zero-order valence-corrected chi connectivity index (χ0v) is 36.2. The molecule has 0 amide bonds. The van der Waals surface area contributed by atoms with Crippen LogP contribution >= 0.6 is 0 Å². The summed E-state index contributed by atoms with van der Waals surface area (Å²) in [7, 11) is 0. The summed E-state index contributed by atoms with van der Waals surface area (Å²) in [6, 6.07) is 0. The number of carbonyl (C=O) groups is 2. The number of hydrogen-bond acceptors (Lipinski definition) is 5. The van der Waals surface area contributed by atoms with Crippen molar-refractivity contribution in [3.05, 3.63) is 36.5 Å². The zero-order chi connectivity index (χ0) is 39.3. The number of hydrogen-bond donors (Lipinski definition) is 0. The van der Waals surface area contributed by atoms with Crippen LogP contribution in [0.15, 0.2) is 36.5 Å². The normalized spacial score (nSPS) is 12.4. The predicted molar refractivity (Wildman–Crippen MR) is 233 cm³/mol. The Balaban J connectivity index is 4.23. The molecular formula is C49H90O5. The van der Waals surface area contributed by atoms with Crippen LogP contribution in [0.25, 0.3) is 0 Å². The van der Waals surface area contributed by atoms with Gasteiger partial charge in [-0.15, -0.1) is 0 Å². The van der Waals surface area contributed by atoms with Gasteiger partial charge in [0, 0.05) is 19.4 Å². The summed E-state index contributed by atoms with van der Waals surface area (Å²) in [6.45, 7) is 7.70. The standard InChI is InChI=1S/C49H90O5/c1-4-7-10-13-16-19-22-23-24-25-26-29-32-35-38-41-44-52-45-47(54-49(51)43-40-37-34-31-28-21-18-15-12-9-6-3)46-53-48(50)42-39-36-33-30-27-20-17-14-11-8-5-2/h7,10,16,19,23-24,47H,4-6,8-9,11-15,17-18,20-22,25-46H2,1-3H3/b10-7-,19-16-,24-23-. The minimum absolute atomic E-state index is 0.0852. The first-order chi connectivity index (χ1) is 26.6. The molecule has 316 valence electrons. The van der Waals surface area contributed by atoms with Crippen LogP contribution in [0.2, 0.25) is 0 Å². The molecule has 5 heteroatoms. The van der Waals surface area contributed by atoms with Gasteiger partial charge < -0.3 is 14.2 Å². The summed E-state index contributed by atoms with van der Waals surface area (Å²) < 4.78 is 17.3. The van der Waals surface area contributed by atoms with Crippen molar-refractivity contribution < 1.29 is 23.8 Å². The molecule has 0 aromatic carbocycles. The lowest BCUT2D eigenvalue weighted by Crippen LogP contribution is -2.30. The average Bonchev–Trinajstić information content (AvgIpc) is 3.17. The van der Waals surface area contributed by atoms with Crippen LogP contribution in [0.4, 0.5) is 0 Å². The second-order valence-corrected chi connectivity index (χ2v) is 15.6. The molecule has 0 saturated carbocycles. The van der Waals surface area contributed by atoms with E-state index in [4.69, 9.17) is 14.2 Å². The topological polar surface area (TPSA) is 61.8 Å². The first-order valence-electron chi connectivity index (χ1n) is 23.5. The SMILES string of the molecule is CC/C=C\C/C=C\C/C=C\CCCCCCCCOCC(COC(=O)CCCCCCCCCCCCC)OC(=O)CCCCCCCCCCCCC. The minimum Gasteiger partial charge on any atom is -0.462 e. The average molecular weight is 759 g/mol. The summed E-state index contributed by atoms with van der Waals surface area (Å²) in [5, 5.41) is 0. The van der Waals surface area contributed by atoms with Crippen molar-refractivity contribution in [2.75, 3.05) is 19.8 Å². The summed E-state index contributed by atoms with van der Waals surface area (Å²) >= 11 is 0. The number of carbonyl (C=O) groups excluding carboxylic acids is 2. The maximum atomic E-state index is 12.7. The van der Waals surface area contributed by atoms with E-state index in [1.807, 2.05) is 0 Å². The van der Waals surface area contributed by atoms with Gasteiger partial charge in [-0.1, -0.05) is 211 Å². The molecular weight excluding hydrogens is 669 g/mol. The van der Waals surface area contributed by atoms with Crippen LogP contribution in [0, 0.1) is 0 Å². The first-order valence-corrected chi connectivity index (χ1v) is 23.5. The van der Waals surface area contributed by atoms with Crippen molar-refractivity contribution in [3.63, 3.8) is 0 Å². The smallest absolute Gasteiger partial charge is 0.306 e. The summed E-state index contributed by atoms with van der Waals surface area (Å²) in [6.07, 6.45) is 52.8. The third-order valence-corrected chi connectivity index (χ3v) is 10.2. The summed E-state index contributed by atoms with van der Waals surface area (Å²) in [5.74, 6) is -0.396. The Morgan fingerprint density at radius 3 is 1.33 bits per heavy atom. The molecule has 5 nitrogen and oxygen atoms in total. The lowest BCUT2D eigenvalue weighted by Gasteiger charge is -2.18. The van der Waals surface area contributed by atoms with Crippen LogP contribution in [-0.2, 0) is 23.8 Å². The molecule has 0 aliphatic carbocycles. The number of allylic oxidation sites excluding steroid dienone is 6. The van der Waals surface area contributed by atoms with Gasteiger partial charge in [0.05, 0.1) is 6.61 Å². The van der Waals surface area contributed by atoms with Gasteiger partial charge in [-0.2, -0.15) is 0 Å². The van der Waals surface area contributed by atoms with Crippen molar-refractivity contribution in [1.29, 1.82) is 0 Å². The quantitative estimate of drug-likeness (QED) is 0.0352. The van der Waals surface area contributed by atoms with Crippen molar-refractivity contribution in [3.8, 4) is 0 Å². The molecule has 0 heterocycles. The number of esters is 2. The van der Waals surface area contributed by atoms with E-state index in [0.29, 0.717) is 19.4 Å². The fourth-order valence-corrected chi connectivity index (χ4v) is 6.70. The van der Waals surface area contributed by atoms with E-state index in [-0.39, 0.29) is 25.2 Å². The molecule has 0 aliphatic heterocycles. The van der Waals surface area contributed by atoms with E-state index in [1.165, 1.54) is 141 Å². The molecule has 0 saturated heterocycles. The van der Waals surface area contributed by atoms with Gasteiger partial charge in [-0.3, -0.25) is 9.59 Å². The fraction of sp³-hybridized carbons (Fsp3) is 0.837. The van der Waals surface area contributed by atoms with Gasteiger partial charge in [0.2, 0.25) is 0 Å². The summed E-state index contributed by atoms with van der Waals surface area (Å²) in [5.41, 5.74) is 0. The molecule has 0 rings (SSSR count). The van der Waals surface area contributed by atoms with Gasteiger partial charge in [0.25, 0.3) is 0 Å². The maximum Gasteiger partial charge on any atom is 0.306 e. The van der Waals surface area contributed by atoms with Crippen LogP contribution < -0.4 is 0 Å². The molecule has 0 aromatic rings. The second-order valence-electron chi connectivity index (χ2n) is 15.6. The van der Waals surface area contributed by atoms with E-state index in [0.717, 1.165) is 64.2 Å². The van der Waals surface area contributed by atoms with Crippen LogP contribution in [0.5, 0.6) is 0 Å². The number of unbranched alkanes of at least 4 members (excludes halogenated alkanes) is 26. The highest BCUT2D eigenvalue weighted by Crippen LogP contribution is 2.15. The fourth-order valence-electron chi connectivity index (χ4n) is 6.70. The molecule has 0 N–H and O–H groups in total. The van der Waals surface area contributed by atoms with Crippen molar-refractivity contribution >= 4 is 11.9 Å². The highest BCUT2D eigenvalue weighted by molar-refractivity contribution is 5.70. The van der Waals surface area contributed by atoms with Crippen LogP contribution in [-0.4, -0.2) is 37.9 Å². The molecule has 0 spiro atoms. The predicted octanol–water partition coefficient (Wildman–Crippen LogP) is 15.4. The number of rotatable bonds is 43. The van der Waals surface area contributed by atoms with E-state index in [2.05, 4.69) is 57.2 Å². The molecule has 0 fully saturated rings. The Morgan fingerprint density at radius 2 is 0.833 bits per heavy atom. The highest BCUT2D eigenvalue weighted by Gasteiger charge is 2.17. The zero-order valence-electron chi connectivity index (χ0n) is 36.2. The third kappa shape index (κ3) is 42.9. The minimum atomic E-state index is -0.534. The molecule has 0 aromatic heterocycles. The monoisotopic (exact) mass is 759 g/mol. The third-order valence-electron chi connectivity index (χ3n) is 10.2. The first kappa shape index (κ1) is 52.1. The highest BCUT2D eigenvalue weighted by atomic mass is 16.6. The van der Waals surface area contributed by atoms with Gasteiger partial charge in [-0.25, -0.2) is 0 Å².